The SMILES string of the molecule is CCC(O)CCNS(=O)(=O)c1cc(Cl)ccc1Cl. The topological polar surface area (TPSA) is 66.4 Å². The highest BCUT2D eigenvalue weighted by molar-refractivity contribution is 7.89. The third kappa shape index (κ3) is 4.40. The largest absolute Gasteiger partial charge is 0.393 e. The molecular formula is C11H15Cl2NO3S. The maximum Gasteiger partial charge on any atom is 0.242 e. The van der Waals surface area contributed by atoms with Crippen LogP contribution in [0.4, 0.5) is 0 Å². The van der Waals surface area contributed by atoms with Crippen molar-refractivity contribution >= 4 is 33.2 Å². The second kappa shape index (κ2) is 6.73. The molecule has 0 amide bonds. The van der Waals surface area contributed by atoms with Gasteiger partial charge in [-0.15, -0.1) is 0 Å². The molecule has 2 N–H and O–H groups in total. The minimum absolute atomic E-state index is 0.0531. The summed E-state index contributed by atoms with van der Waals surface area (Å²) in [4.78, 5) is -0.0531. The Bertz CT molecular complexity index is 505. The molecule has 0 aliphatic carbocycles. The minimum Gasteiger partial charge on any atom is -0.393 e. The van der Waals surface area contributed by atoms with Gasteiger partial charge in [-0.25, -0.2) is 13.1 Å². The molecule has 4 nitrogen and oxygen atoms in total. The van der Waals surface area contributed by atoms with E-state index in [9.17, 15) is 13.5 Å². The lowest BCUT2D eigenvalue weighted by molar-refractivity contribution is 0.162. The first-order valence-corrected chi connectivity index (χ1v) is 7.73. The molecule has 0 radical (unpaired) electrons. The Morgan fingerprint density at radius 1 is 1.39 bits per heavy atom. The summed E-state index contributed by atoms with van der Waals surface area (Å²) in [6.45, 7) is 1.98. The van der Waals surface area contributed by atoms with Crippen molar-refractivity contribution in [2.45, 2.75) is 30.8 Å². The Morgan fingerprint density at radius 3 is 2.67 bits per heavy atom. The van der Waals surface area contributed by atoms with Gasteiger partial charge < -0.3 is 5.11 Å². The van der Waals surface area contributed by atoms with Crippen LogP contribution in [0, 0.1) is 0 Å². The van der Waals surface area contributed by atoms with Crippen molar-refractivity contribution in [1.82, 2.24) is 4.72 Å². The summed E-state index contributed by atoms with van der Waals surface area (Å²) < 4.78 is 26.3. The zero-order valence-electron chi connectivity index (χ0n) is 9.86. The van der Waals surface area contributed by atoms with E-state index >= 15 is 0 Å². The molecule has 0 spiro atoms. The molecule has 1 rings (SSSR count). The molecule has 1 atom stereocenters. The van der Waals surface area contributed by atoms with E-state index < -0.39 is 16.1 Å². The Hall–Kier alpha value is -0.330. The second-order valence-corrected chi connectivity index (χ2v) is 6.40. The van der Waals surface area contributed by atoms with Gasteiger partial charge in [-0.2, -0.15) is 0 Å². The van der Waals surface area contributed by atoms with Crippen LogP contribution in [0.2, 0.25) is 10.0 Å². The average molecular weight is 312 g/mol. The first-order chi connectivity index (χ1) is 8.36. The maximum absolute atomic E-state index is 11.9. The fourth-order valence-electron chi connectivity index (χ4n) is 1.32. The molecule has 1 unspecified atom stereocenters. The predicted molar refractivity (Wildman–Crippen MR) is 72.6 cm³/mol. The Labute approximate surface area is 117 Å². The van der Waals surface area contributed by atoms with Crippen LogP contribution in [-0.2, 0) is 10.0 Å². The lowest BCUT2D eigenvalue weighted by Crippen LogP contribution is -2.27. The minimum atomic E-state index is -3.69. The van der Waals surface area contributed by atoms with Crippen molar-refractivity contribution in [2.75, 3.05) is 6.54 Å². The number of nitrogens with one attached hydrogen (secondary N) is 1. The van der Waals surface area contributed by atoms with Crippen LogP contribution in [0.1, 0.15) is 19.8 Å². The maximum atomic E-state index is 11.9. The van der Waals surface area contributed by atoms with Gasteiger partial charge in [0, 0.05) is 11.6 Å². The number of aliphatic hydroxyl groups is 1. The van der Waals surface area contributed by atoms with Crippen LogP contribution in [-0.4, -0.2) is 26.2 Å². The number of aliphatic hydroxyl groups excluding tert-OH is 1. The molecule has 0 saturated heterocycles. The Balaban J connectivity index is 2.77. The molecule has 0 fully saturated rings. The number of sulfonamides is 1. The smallest absolute Gasteiger partial charge is 0.242 e. The number of halogens is 2. The standard InChI is InChI=1S/C11H15Cl2NO3S/c1-2-9(15)5-6-14-18(16,17)11-7-8(12)3-4-10(11)13/h3-4,7,9,14-15H,2,5-6H2,1H3. The van der Waals surface area contributed by atoms with Crippen molar-refractivity contribution in [2.24, 2.45) is 0 Å². The van der Waals surface area contributed by atoms with Gasteiger partial charge in [0.25, 0.3) is 0 Å². The highest BCUT2D eigenvalue weighted by Gasteiger charge is 2.18. The number of rotatable bonds is 6. The van der Waals surface area contributed by atoms with Crippen LogP contribution in [0.5, 0.6) is 0 Å². The molecule has 1 aromatic carbocycles. The van der Waals surface area contributed by atoms with Gasteiger partial charge in [-0.3, -0.25) is 0 Å². The zero-order valence-corrected chi connectivity index (χ0v) is 12.2. The first kappa shape index (κ1) is 15.7. The van der Waals surface area contributed by atoms with Gasteiger partial charge in [0.2, 0.25) is 10.0 Å². The molecule has 0 aromatic heterocycles. The van der Waals surface area contributed by atoms with E-state index in [4.69, 9.17) is 23.2 Å². The Kier molecular flexibility index (Phi) is 5.88. The van der Waals surface area contributed by atoms with Crippen molar-refractivity contribution < 1.29 is 13.5 Å². The molecule has 1 aromatic rings. The number of benzene rings is 1. The van der Waals surface area contributed by atoms with E-state index in [1.807, 2.05) is 6.92 Å². The second-order valence-electron chi connectivity index (χ2n) is 3.82. The lowest BCUT2D eigenvalue weighted by atomic mass is 10.2. The molecule has 102 valence electrons. The van der Waals surface area contributed by atoms with Crippen LogP contribution >= 0.6 is 23.2 Å². The van der Waals surface area contributed by atoms with Gasteiger partial charge >= 0.3 is 0 Å². The van der Waals surface area contributed by atoms with Crippen molar-refractivity contribution in [3.63, 3.8) is 0 Å². The molecule has 0 bridgehead atoms. The summed E-state index contributed by atoms with van der Waals surface area (Å²) in [5, 5.41) is 9.76. The summed E-state index contributed by atoms with van der Waals surface area (Å²) in [6.07, 6.45) is 0.427. The van der Waals surface area contributed by atoms with Gasteiger partial charge in [0.1, 0.15) is 4.90 Å². The molecule has 0 saturated carbocycles. The number of hydrogen-bond acceptors (Lipinski definition) is 3. The predicted octanol–water partition coefficient (Wildman–Crippen LogP) is 2.43. The van der Waals surface area contributed by atoms with Crippen molar-refractivity contribution in [1.29, 1.82) is 0 Å². The zero-order chi connectivity index (χ0) is 13.8. The molecule has 0 aliphatic heterocycles. The quantitative estimate of drug-likeness (QED) is 0.848. The van der Waals surface area contributed by atoms with Crippen LogP contribution in [0.15, 0.2) is 23.1 Å². The van der Waals surface area contributed by atoms with E-state index in [0.717, 1.165) is 0 Å². The van der Waals surface area contributed by atoms with Crippen LogP contribution in [0.3, 0.4) is 0 Å². The summed E-state index contributed by atoms with van der Waals surface area (Å²) in [5.41, 5.74) is 0. The van der Waals surface area contributed by atoms with E-state index in [-0.39, 0.29) is 16.5 Å². The fraction of sp³-hybridized carbons (Fsp3) is 0.455. The molecule has 0 aliphatic rings. The van der Waals surface area contributed by atoms with Gasteiger partial charge in [-0.05, 0) is 31.0 Å². The Morgan fingerprint density at radius 2 is 2.06 bits per heavy atom. The number of hydrogen-bond donors (Lipinski definition) is 2. The molecular weight excluding hydrogens is 297 g/mol. The highest BCUT2D eigenvalue weighted by atomic mass is 35.5. The molecule has 0 heterocycles. The third-order valence-corrected chi connectivity index (χ3v) is 4.60. The summed E-state index contributed by atoms with van der Waals surface area (Å²) in [7, 11) is -3.69. The molecule has 18 heavy (non-hydrogen) atoms. The summed E-state index contributed by atoms with van der Waals surface area (Å²) in [5.74, 6) is 0. The fourth-order valence-corrected chi connectivity index (χ4v) is 3.13. The van der Waals surface area contributed by atoms with E-state index in [1.165, 1.54) is 18.2 Å². The van der Waals surface area contributed by atoms with E-state index in [1.54, 1.807) is 0 Å². The van der Waals surface area contributed by atoms with Gasteiger partial charge in [0.15, 0.2) is 0 Å². The van der Waals surface area contributed by atoms with Gasteiger partial charge in [-0.1, -0.05) is 30.1 Å². The highest BCUT2D eigenvalue weighted by Crippen LogP contribution is 2.24. The average Bonchev–Trinajstić information content (AvgIpc) is 2.31. The van der Waals surface area contributed by atoms with Crippen LogP contribution in [0.25, 0.3) is 0 Å². The van der Waals surface area contributed by atoms with E-state index in [2.05, 4.69) is 4.72 Å². The normalized spacial score (nSPS) is 13.6. The van der Waals surface area contributed by atoms with Crippen molar-refractivity contribution in [3.8, 4) is 0 Å². The summed E-state index contributed by atoms with van der Waals surface area (Å²) >= 11 is 11.6. The van der Waals surface area contributed by atoms with Gasteiger partial charge in [0.05, 0.1) is 11.1 Å². The van der Waals surface area contributed by atoms with Crippen molar-refractivity contribution in [3.05, 3.63) is 28.2 Å². The molecule has 7 heteroatoms. The monoisotopic (exact) mass is 311 g/mol. The lowest BCUT2D eigenvalue weighted by Gasteiger charge is -2.10. The third-order valence-electron chi connectivity index (χ3n) is 2.42. The van der Waals surface area contributed by atoms with E-state index in [0.29, 0.717) is 17.9 Å². The van der Waals surface area contributed by atoms with Crippen LogP contribution < -0.4 is 4.72 Å². The first-order valence-electron chi connectivity index (χ1n) is 5.49. The summed E-state index contributed by atoms with van der Waals surface area (Å²) in [6, 6.07) is 4.24.